The summed E-state index contributed by atoms with van der Waals surface area (Å²) in [6, 6.07) is 11.5. The van der Waals surface area contributed by atoms with E-state index in [0.29, 0.717) is 10.6 Å². The van der Waals surface area contributed by atoms with Crippen molar-refractivity contribution in [2.45, 2.75) is 5.41 Å². The van der Waals surface area contributed by atoms with Crippen molar-refractivity contribution >= 4 is 40.8 Å². The minimum atomic E-state index is -1.35. The number of imide groups is 1. The lowest BCUT2D eigenvalue weighted by molar-refractivity contribution is -0.384. The summed E-state index contributed by atoms with van der Waals surface area (Å²) in [5, 5.41) is 11.3. The number of piperidine rings is 1. The van der Waals surface area contributed by atoms with Crippen molar-refractivity contribution in [3.63, 3.8) is 0 Å². The molecule has 2 aromatic rings. The number of hydrogen-bond donors (Lipinski definition) is 0. The molecular weight excluding hydrogens is 388 g/mol. The second-order valence-electron chi connectivity index (χ2n) is 6.61. The summed E-state index contributed by atoms with van der Waals surface area (Å²) in [6.45, 7) is 0. The van der Waals surface area contributed by atoms with Gasteiger partial charge in [-0.2, -0.15) is 0 Å². The van der Waals surface area contributed by atoms with Crippen LogP contribution >= 0.6 is 11.6 Å². The minimum Gasteiger partial charge on any atom is -0.469 e. The van der Waals surface area contributed by atoms with Crippen molar-refractivity contribution in [2.24, 2.45) is 11.8 Å². The molecule has 2 aliphatic rings. The highest BCUT2D eigenvalue weighted by molar-refractivity contribution is 6.32. The van der Waals surface area contributed by atoms with E-state index in [1.807, 2.05) is 0 Å². The van der Waals surface area contributed by atoms with E-state index in [-0.39, 0.29) is 11.4 Å². The molecule has 1 saturated carbocycles. The van der Waals surface area contributed by atoms with Crippen LogP contribution in [0.25, 0.3) is 0 Å². The standard InChI is InChI=1S/C19H13ClN2O6/c1-28-17(24)15-14-16(23)21(12-6-8-13(9-7-12)22(26)27)18(25)19(14,15)10-2-4-11(20)5-3-10/h2-9,14-15H,1H3. The number of ether oxygens (including phenoxy) is 1. The Morgan fingerprint density at radius 3 is 2.29 bits per heavy atom. The quantitative estimate of drug-likeness (QED) is 0.338. The van der Waals surface area contributed by atoms with Gasteiger partial charge < -0.3 is 4.74 Å². The van der Waals surface area contributed by atoms with Gasteiger partial charge in [0.1, 0.15) is 5.41 Å². The van der Waals surface area contributed by atoms with E-state index in [0.717, 1.165) is 4.90 Å². The summed E-state index contributed by atoms with van der Waals surface area (Å²) in [6.07, 6.45) is 0. The molecule has 3 unspecified atom stereocenters. The molecule has 142 valence electrons. The van der Waals surface area contributed by atoms with Crippen LogP contribution < -0.4 is 4.90 Å². The average molecular weight is 401 g/mol. The zero-order chi connectivity index (χ0) is 20.2. The van der Waals surface area contributed by atoms with Crippen LogP contribution in [0.15, 0.2) is 48.5 Å². The number of esters is 1. The molecule has 0 spiro atoms. The number of nitrogens with zero attached hydrogens (tertiary/aromatic N) is 2. The fraction of sp³-hybridized carbons (Fsp3) is 0.211. The third-order valence-electron chi connectivity index (χ3n) is 5.34. The predicted octanol–water partition coefficient (Wildman–Crippen LogP) is 2.48. The molecule has 9 heteroatoms. The van der Waals surface area contributed by atoms with E-state index in [2.05, 4.69) is 0 Å². The third-order valence-corrected chi connectivity index (χ3v) is 5.60. The number of non-ortho nitro benzene ring substituents is 1. The molecule has 1 heterocycles. The van der Waals surface area contributed by atoms with Gasteiger partial charge in [0, 0.05) is 17.2 Å². The number of nitro groups is 1. The van der Waals surface area contributed by atoms with Crippen LogP contribution in [-0.2, 0) is 24.5 Å². The Labute approximate surface area is 163 Å². The molecule has 1 aliphatic heterocycles. The fourth-order valence-corrected chi connectivity index (χ4v) is 4.17. The van der Waals surface area contributed by atoms with E-state index in [1.54, 1.807) is 24.3 Å². The molecule has 2 amide bonds. The maximum absolute atomic E-state index is 13.3. The lowest BCUT2D eigenvalue weighted by Gasteiger charge is -2.22. The van der Waals surface area contributed by atoms with Crippen LogP contribution in [-0.4, -0.2) is 29.8 Å². The average Bonchev–Trinajstić information content (AvgIpc) is 3.33. The van der Waals surface area contributed by atoms with Crippen LogP contribution in [0.4, 0.5) is 11.4 Å². The molecule has 28 heavy (non-hydrogen) atoms. The van der Waals surface area contributed by atoms with Crippen molar-refractivity contribution in [2.75, 3.05) is 12.0 Å². The Bertz CT molecular complexity index is 1020. The largest absolute Gasteiger partial charge is 0.469 e. The molecule has 3 atom stereocenters. The fourth-order valence-electron chi connectivity index (χ4n) is 4.04. The third kappa shape index (κ3) is 2.27. The molecule has 1 saturated heterocycles. The first-order valence-corrected chi connectivity index (χ1v) is 8.68. The van der Waals surface area contributed by atoms with Crippen molar-refractivity contribution in [3.05, 3.63) is 69.2 Å². The van der Waals surface area contributed by atoms with Gasteiger partial charge in [-0.15, -0.1) is 0 Å². The SMILES string of the molecule is COC(=O)C1C2C(=O)N(c3ccc([N+](=O)[O-])cc3)C(=O)C12c1ccc(Cl)cc1. The van der Waals surface area contributed by atoms with Gasteiger partial charge in [-0.1, -0.05) is 23.7 Å². The number of carbonyl (C=O) groups is 3. The molecule has 0 aromatic heterocycles. The summed E-state index contributed by atoms with van der Waals surface area (Å²) in [5.74, 6) is -3.53. The predicted molar refractivity (Wildman–Crippen MR) is 97.7 cm³/mol. The molecule has 0 radical (unpaired) electrons. The lowest BCUT2D eigenvalue weighted by atomic mass is 9.91. The van der Waals surface area contributed by atoms with Gasteiger partial charge in [0.05, 0.1) is 29.6 Å². The van der Waals surface area contributed by atoms with Crippen LogP contribution in [0.5, 0.6) is 0 Å². The number of methoxy groups -OCH3 is 1. The maximum atomic E-state index is 13.3. The van der Waals surface area contributed by atoms with Crippen LogP contribution in [0.3, 0.4) is 0 Å². The number of halogens is 1. The van der Waals surface area contributed by atoms with Crippen LogP contribution in [0.1, 0.15) is 5.56 Å². The van der Waals surface area contributed by atoms with Gasteiger partial charge in [0.2, 0.25) is 11.8 Å². The Morgan fingerprint density at radius 1 is 1.14 bits per heavy atom. The van der Waals surface area contributed by atoms with Crippen molar-refractivity contribution in [3.8, 4) is 0 Å². The molecule has 0 bridgehead atoms. The van der Waals surface area contributed by atoms with Crippen molar-refractivity contribution in [1.29, 1.82) is 0 Å². The molecule has 4 rings (SSSR count). The highest BCUT2D eigenvalue weighted by Gasteiger charge is 2.83. The summed E-state index contributed by atoms with van der Waals surface area (Å²) in [7, 11) is 1.20. The summed E-state index contributed by atoms with van der Waals surface area (Å²) < 4.78 is 4.80. The highest BCUT2D eigenvalue weighted by atomic mass is 35.5. The Balaban J connectivity index is 1.78. The van der Waals surface area contributed by atoms with Gasteiger partial charge in [-0.3, -0.25) is 24.5 Å². The number of carbonyl (C=O) groups excluding carboxylic acids is 3. The monoisotopic (exact) mass is 400 g/mol. The number of fused-ring (bicyclic) bond motifs is 1. The summed E-state index contributed by atoms with van der Waals surface area (Å²) >= 11 is 5.92. The van der Waals surface area contributed by atoms with Crippen LogP contribution in [0.2, 0.25) is 5.02 Å². The Morgan fingerprint density at radius 2 is 1.75 bits per heavy atom. The van der Waals surface area contributed by atoms with Gasteiger partial charge >= 0.3 is 5.97 Å². The molecule has 2 fully saturated rings. The number of amides is 2. The molecule has 0 N–H and O–H groups in total. The van der Waals surface area contributed by atoms with E-state index < -0.39 is 40.0 Å². The van der Waals surface area contributed by atoms with E-state index in [1.165, 1.54) is 31.4 Å². The topological polar surface area (TPSA) is 107 Å². The summed E-state index contributed by atoms with van der Waals surface area (Å²) in [5.41, 5.74) is -0.797. The molecule has 2 aromatic carbocycles. The van der Waals surface area contributed by atoms with Gasteiger partial charge in [0.25, 0.3) is 5.69 Å². The first kappa shape index (κ1) is 18.1. The second kappa shape index (κ2) is 6.13. The normalized spacial score (nSPS) is 25.4. The Kier molecular flexibility index (Phi) is 3.97. The van der Waals surface area contributed by atoms with Crippen molar-refractivity contribution < 1.29 is 24.0 Å². The lowest BCUT2D eigenvalue weighted by Crippen LogP contribution is -2.40. The minimum absolute atomic E-state index is 0.159. The van der Waals surface area contributed by atoms with E-state index in [9.17, 15) is 24.5 Å². The van der Waals surface area contributed by atoms with Gasteiger partial charge in [-0.05, 0) is 29.8 Å². The number of hydrogen-bond acceptors (Lipinski definition) is 6. The zero-order valence-corrected chi connectivity index (χ0v) is 15.3. The highest BCUT2D eigenvalue weighted by Crippen LogP contribution is 2.66. The van der Waals surface area contributed by atoms with Crippen LogP contribution in [0, 0.1) is 22.0 Å². The Hall–Kier alpha value is -3.26. The molecular formula is C19H13ClN2O6. The number of benzene rings is 2. The number of anilines is 1. The molecule has 8 nitrogen and oxygen atoms in total. The maximum Gasteiger partial charge on any atom is 0.310 e. The second-order valence-corrected chi connectivity index (χ2v) is 7.04. The number of rotatable bonds is 4. The number of nitro benzene ring substituents is 1. The summed E-state index contributed by atoms with van der Waals surface area (Å²) in [4.78, 5) is 49.8. The van der Waals surface area contributed by atoms with Crippen molar-refractivity contribution in [1.82, 2.24) is 0 Å². The van der Waals surface area contributed by atoms with E-state index >= 15 is 0 Å². The van der Waals surface area contributed by atoms with E-state index in [4.69, 9.17) is 16.3 Å². The first-order chi connectivity index (χ1) is 13.3. The first-order valence-electron chi connectivity index (χ1n) is 8.30. The van der Waals surface area contributed by atoms with Gasteiger partial charge in [-0.25, -0.2) is 4.90 Å². The van der Waals surface area contributed by atoms with Gasteiger partial charge in [0.15, 0.2) is 0 Å². The molecule has 1 aliphatic carbocycles. The smallest absolute Gasteiger partial charge is 0.310 e. The zero-order valence-electron chi connectivity index (χ0n) is 14.5.